The minimum atomic E-state index is -0.236. The molecule has 4 aromatic rings. The number of nitrogen functional groups attached to an aromatic ring is 1. The average Bonchev–Trinajstić information content (AvgIpc) is 3.39. The lowest BCUT2D eigenvalue weighted by atomic mass is 10.1. The number of carbonyl (C=O) groups is 1. The first kappa shape index (κ1) is 22.3. The third-order valence-electron chi connectivity index (χ3n) is 5.06. The Morgan fingerprint density at radius 3 is 2.67 bits per heavy atom. The van der Waals surface area contributed by atoms with Crippen LogP contribution in [0.4, 0.5) is 11.6 Å². The Morgan fingerprint density at radius 2 is 1.94 bits per heavy atom. The third-order valence-corrected chi connectivity index (χ3v) is 5.31. The van der Waals surface area contributed by atoms with Gasteiger partial charge in [-0.05, 0) is 37.1 Å². The van der Waals surface area contributed by atoms with E-state index in [1.807, 2.05) is 50.2 Å². The summed E-state index contributed by atoms with van der Waals surface area (Å²) in [6.07, 6.45) is 0. The Labute approximate surface area is 195 Å². The van der Waals surface area contributed by atoms with Gasteiger partial charge in [-0.15, -0.1) is 0 Å². The first-order valence-electron chi connectivity index (χ1n) is 10.5. The van der Waals surface area contributed by atoms with Crippen molar-refractivity contribution >= 4 is 29.1 Å². The number of anilines is 2. The largest absolute Gasteiger partial charge is 0.383 e. The lowest BCUT2D eigenvalue weighted by Gasteiger charge is -2.07. The Morgan fingerprint density at radius 1 is 1.18 bits per heavy atom. The molecule has 4 N–H and O–H groups in total. The average molecular weight is 466 g/mol. The molecule has 2 aromatic carbocycles. The van der Waals surface area contributed by atoms with Crippen LogP contribution in [0, 0.1) is 6.92 Å². The standard InChI is InChI=1S/C23H24ClN7O2/c1-3-26-22-19(23-28-21(30-33-23)17-7-5-4-6-14(17)2)20(25)31(29-22)13-18(32)27-12-15-8-10-16(24)11-9-15/h4-11H,3,12-13,25H2,1-2H3,(H,26,29)(H,27,32). The normalized spacial score (nSPS) is 10.9. The summed E-state index contributed by atoms with van der Waals surface area (Å²) in [6, 6.07) is 15.0. The van der Waals surface area contributed by atoms with Crippen LogP contribution in [0.25, 0.3) is 22.8 Å². The lowest BCUT2D eigenvalue weighted by molar-refractivity contribution is -0.121. The molecule has 2 heterocycles. The zero-order chi connectivity index (χ0) is 23.4. The van der Waals surface area contributed by atoms with Crippen molar-refractivity contribution in [2.45, 2.75) is 26.9 Å². The van der Waals surface area contributed by atoms with Crippen LogP contribution in [0.3, 0.4) is 0 Å². The predicted molar refractivity (Wildman–Crippen MR) is 128 cm³/mol. The van der Waals surface area contributed by atoms with Gasteiger partial charge < -0.3 is 20.9 Å². The Balaban J connectivity index is 1.55. The zero-order valence-corrected chi connectivity index (χ0v) is 19.1. The molecule has 4 rings (SSSR count). The van der Waals surface area contributed by atoms with E-state index in [4.69, 9.17) is 21.9 Å². The SMILES string of the molecule is CCNc1nn(CC(=O)NCc2ccc(Cl)cc2)c(N)c1-c1nc(-c2ccccc2C)no1. The van der Waals surface area contributed by atoms with Crippen molar-refractivity contribution < 1.29 is 9.32 Å². The minimum absolute atomic E-state index is 0.0589. The molecule has 0 atom stereocenters. The van der Waals surface area contributed by atoms with Crippen molar-refractivity contribution in [2.75, 3.05) is 17.6 Å². The van der Waals surface area contributed by atoms with Crippen molar-refractivity contribution in [1.82, 2.24) is 25.2 Å². The number of rotatable bonds is 8. The van der Waals surface area contributed by atoms with Gasteiger partial charge in [-0.1, -0.05) is 53.2 Å². The molecule has 0 saturated carbocycles. The molecule has 2 aromatic heterocycles. The van der Waals surface area contributed by atoms with E-state index in [1.165, 1.54) is 4.68 Å². The van der Waals surface area contributed by atoms with E-state index >= 15 is 0 Å². The molecule has 170 valence electrons. The number of aromatic nitrogens is 4. The highest BCUT2D eigenvalue weighted by molar-refractivity contribution is 6.30. The first-order valence-corrected chi connectivity index (χ1v) is 10.9. The van der Waals surface area contributed by atoms with E-state index in [0.29, 0.717) is 35.3 Å². The van der Waals surface area contributed by atoms with Crippen molar-refractivity contribution in [1.29, 1.82) is 0 Å². The molecule has 10 heteroatoms. The maximum Gasteiger partial charge on any atom is 0.265 e. The number of hydrogen-bond acceptors (Lipinski definition) is 7. The van der Waals surface area contributed by atoms with Crippen LogP contribution < -0.4 is 16.4 Å². The summed E-state index contributed by atoms with van der Waals surface area (Å²) in [6.45, 7) is 4.82. The summed E-state index contributed by atoms with van der Waals surface area (Å²) in [4.78, 5) is 17.0. The van der Waals surface area contributed by atoms with Crippen LogP contribution in [0.2, 0.25) is 5.02 Å². The molecule has 0 unspecified atom stereocenters. The van der Waals surface area contributed by atoms with Gasteiger partial charge in [-0.25, -0.2) is 4.68 Å². The van der Waals surface area contributed by atoms with Crippen molar-refractivity contribution in [3.8, 4) is 22.8 Å². The second kappa shape index (κ2) is 9.74. The summed E-state index contributed by atoms with van der Waals surface area (Å²) >= 11 is 5.90. The van der Waals surface area contributed by atoms with Gasteiger partial charge in [0.25, 0.3) is 5.89 Å². The van der Waals surface area contributed by atoms with E-state index in [0.717, 1.165) is 16.7 Å². The highest BCUT2D eigenvalue weighted by Gasteiger charge is 2.24. The van der Waals surface area contributed by atoms with E-state index in [1.54, 1.807) is 12.1 Å². The first-order chi connectivity index (χ1) is 16.0. The van der Waals surface area contributed by atoms with Gasteiger partial charge in [0, 0.05) is 23.7 Å². The van der Waals surface area contributed by atoms with Crippen LogP contribution in [0.1, 0.15) is 18.1 Å². The molecule has 33 heavy (non-hydrogen) atoms. The molecular formula is C23H24ClN7O2. The fourth-order valence-corrected chi connectivity index (χ4v) is 3.48. The van der Waals surface area contributed by atoms with Gasteiger partial charge in [0.2, 0.25) is 11.7 Å². The van der Waals surface area contributed by atoms with Gasteiger partial charge in [-0.2, -0.15) is 10.1 Å². The Kier molecular flexibility index (Phi) is 6.60. The summed E-state index contributed by atoms with van der Waals surface area (Å²) in [7, 11) is 0. The third kappa shape index (κ3) is 4.98. The highest BCUT2D eigenvalue weighted by Crippen LogP contribution is 2.33. The Hall–Kier alpha value is -3.85. The number of nitrogens with one attached hydrogen (secondary N) is 2. The van der Waals surface area contributed by atoms with Crippen LogP contribution in [-0.2, 0) is 17.9 Å². The van der Waals surface area contributed by atoms with Crippen molar-refractivity contribution in [3.63, 3.8) is 0 Å². The molecule has 0 bridgehead atoms. The molecule has 0 spiro atoms. The number of hydrogen-bond donors (Lipinski definition) is 3. The topological polar surface area (TPSA) is 124 Å². The molecule has 9 nitrogen and oxygen atoms in total. The number of aryl methyl sites for hydroxylation is 1. The van der Waals surface area contributed by atoms with Gasteiger partial charge in [0.05, 0.1) is 0 Å². The van der Waals surface area contributed by atoms with Crippen LogP contribution in [-0.4, -0.2) is 32.4 Å². The molecule has 0 aliphatic carbocycles. The predicted octanol–water partition coefficient (Wildman–Crippen LogP) is 3.89. The molecule has 0 radical (unpaired) electrons. The zero-order valence-electron chi connectivity index (χ0n) is 18.3. The van der Waals surface area contributed by atoms with E-state index in [2.05, 4.69) is 25.9 Å². The smallest absolute Gasteiger partial charge is 0.265 e. The van der Waals surface area contributed by atoms with Crippen molar-refractivity contribution in [2.24, 2.45) is 0 Å². The molecule has 0 aliphatic heterocycles. The molecule has 0 fully saturated rings. The second-order valence-corrected chi connectivity index (χ2v) is 7.87. The van der Waals surface area contributed by atoms with Crippen LogP contribution in [0.15, 0.2) is 53.1 Å². The van der Waals surface area contributed by atoms with Gasteiger partial charge in [0.1, 0.15) is 17.9 Å². The van der Waals surface area contributed by atoms with Crippen LogP contribution >= 0.6 is 11.6 Å². The molecular weight excluding hydrogens is 442 g/mol. The second-order valence-electron chi connectivity index (χ2n) is 7.44. The minimum Gasteiger partial charge on any atom is -0.383 e. The summed E-state index contributed by atoms with van der Waals surface area (Å²) in [5.74, 6) is 1.18. The maximum atomic E-state index is 12.5. The molecule has 0 aliphatic rings. The van der Waals surface area contributed by atoms with Crippen molar-refractivity contribution in [3.05, 3.63) is 64.7 Å². The van der Waals surface area contributed by atoms with E-state index < -0.39 is 0 Å². The summed E-state index contributed by atoms with van der Waals surface area (Å²) in [5.41, 5.74) is 9.65. The number of amides is 1. The maximum absolute atomic E-state index is 12.5. The summed E-state index contributed by atoms with van der Waals surface area (Å²) < 4.78 is 6.93. The summed E-state index contributed by atoms with van der Waals surface area (Å²) in [5, 5.41) is 15.2. The number of nitrogens with two attached hydrogens (primary N) is 1. The highest BCUT2D eigenvalue weighted by atomic mass is 35.5. The van der Waals surface area contributed by atoms with Gasteiger partial charge in [-0.3, -0.25) is 4.79 Å². The monoisotopic (exact) mass is 465 g/mol. The number of nitrogens with zero attached hydrogens (tertiary/aromatic N) is 4. The van der Waals surface area contributed by atoms with Gasteiger partial charge >= 0.3 is 0 Å². The Bertz CT molecular complexity index is 1260. The van der Waals surface area contributed by atoms with E-state index in [-0.39, 0.29) is 24.2 Å². The quantitative estimate of drug-likeness (QED) is 0.360. The van der Waals surface area contributed by atoms with Gasteiger partial charge in [0.15, 0.2) is 5.82 Å². The number of carbonyl (C=O) groups excluding carboxylic acids is 1. The number of halogens is 1. The van der Waals surface area contributed by atoms with Crippen LogP contribution in [0.5, 0.6) is 0 Å². The fourth-order valence-electron chi connectivity index (χ4n) is 3.35. The molecule has 0 saturated heterocycles. The fraction of sp³-hybridized carbons (Fsp3) is 0.217. The molecule has 1 amide bonds. The lowest BCUT2D eigenvalue weighted by Crippen LogP contribution is -2.28. The van der Waals surface area contributed by atoms with E-state index in [9.17, 15) is 4.79 Å². The number of benzene rings is 2.